The Morgan fingerprint density at radius 2 is 1.80 bits per heavy atom. The number of amides is 1. The van der Waals surface area contributed by atoms with Crippen LogP contribution < -0.4 is 19.3 Å². The predicted octanol–water partition coefficient (Wildman–Crippen LogP) is 1.15. The van der Waals surface area contributed by atoms with E-state index in [2.05, 4.69) is 0 Å². The standard InChI is InChI=1S/C17H23NO6S/c1-5-6-14-18(11(9-25-14)17(20)21)16(19)10-7-12(22-2)15(24-4)13(8-10)23-3/h7-8,11,14H,5-6,9H2,1-4H3,(H,20,21)/p-1/t11-,14-/m1/s1. The third-order valence-electron chi connectivity index (χ3n) is 4.05. The van der Waals surface area contributed by atoms with E-state index in [4.69, 9.17) is 14.2 Å². The Balaban J connectivity index is 2.44. The van der Waals surface area contributed by atoms with Crippen LogP contribution in [0.2, 0.25) is 0 Å². The van der Waals surface area contributed by atoms with Crippen LogP contribution in [0.4, 0.5) is 0 Å². The van der Waals surface area contributed by atoms with Gasteiger partial charge in [0.05, 0.1) is 38.7 Å². The second-order valence-corrected chi connectivity index (χ2v) is 6.75. The summed E-state index contributed by atoms with van der Waals surface area (Å²) in [6, 6.07) is 2.11. The number of carbonyl (C=O) groups excluding carboxylic acids is 2. The minimum absolute atomic E-state index is 0.195. The van der Waals surface area contributed by atoms with E-state index in [-0.39, 0.29) is 10.9 Å². The zero-order chi connectivity index (χ0) is 18.6. The summed E-state index contributed by atoms with van der Waals surface area (Å²) in [5, 5.41) is 11.3. The number of hydrogen-bond acceptors (Lipinski definition) is 7. The zero-order valence-electron chi connectivity index (χ0n) is 14.7. The summed E-state index contributed by atoms with van der Waals surface area (Å²) >= 11 is 1.46. The molecule has 1 amide bonds. The first-order valence-electron chi connectivity index (χ1n) is 7.93. The number of nitrogens with zero attached hydrogens (tertiary/aromatic N) is 1. The van der Waals surface area contributed by atoms with Gasteiger partial charge in [-0.05, 0) is 18.6 Å². The number of aliphatic carboxylic acids is 1. The molecule has 0 bridgehead atoms. The van der Waals surface area contributed by atoms with Crippen molar-refractivity contribution in [2.24, 2.45) is 0 Å². The largest absolute Gasteiger partial charge is 0.548 e. The predicted molar refractivity (Wildman–Crippen MR) is 92.2 cm³/mol. The monoisotopic (exact) mass is 368 g/mol. The van der Waals surface area contributed by atoms with Gasteiger partial charge in [-0.3, -0.25) is 4.79 Å². The van der Waals surface area contributed by atoms with Gasteiger partial charge < -0.3 is 29.0 Å². The molecule has 1 aromatic carbocycles. The molecule has 1 heterocycles. The Kier molecular flexibility index (Phi) is 6.41. The van der Waals surface area contributed by atoms with Crippen LogP contribution in [0.15, 0.2) is 12.1 Å². The van der Waals surface area contributed by atoms with E-state index in [0.29, 0.717) is 29.4 Å². The van der Waals surface area contributed by atoms with Gasteiger partial charge in [-0.15, -0.1) is 11.8 Å². The molecular weight excluding hydrogens is 346 g/mol. The highest BCUT2D eigenvalue weighted by atomic mass is 32.2. The SMILES string of the molecule is CCC[C@H]1SC[C@H](C(=O)[O-])N1C(=O)c1cc(OC)c(OC)c(OC)c1. The highest BCUT2D eigenvalue weighted by Gasteiger charge is 2.38. The summed E-state index contributed by atoms with van der Waals surface area (Å²) in [5.41, 5.74) is 0.282. The van der Waals surface area contributed by atoms with Crippen molar-refractivity contribution in [2.45, 2.75) is 31.2 Å². The number of hydrogen-bond donors (Lipinski definition) is 0. The number of ether oxygens (including phenoxy) is 3. The Hall–Kier alpha value is -2.09. The number of carboxylic acids is 1. The lowest BCUT2D eigenvalue weighted by Gasteiger charge is -2.30. The fourth-order valence-corrected chi connectivity index (χ4v) is 4.35. The molecule has 0 N–H and O–H groups in total. The molecule has 1 fully saturated rings. The lowest BCUT2D eigenvalue weighted by molar-refractivity contribution is -0.310. The van der Waals surface area contributed by atoms with Crippen molar-refractivity contribution in [2.75, 3.05) is 27.1 Å². The van der Waals surface area contributed by atoms with Crippen molar-refractivity contribution in [3.05, 3.63) is 17.7 Å². The molecule has 0 unspecified atom stereocenters. The molecule has 2 rings (SSSR count). The van der Waals surface area contributed by atoms with Gasteiger partial charge in [-0.25, -0.2) is 0 Å². The summed E-state index contributed by atoms with van der Waals surface area (Å²) in [6.45, 7) is 2.00. The number of benzene rings is 1. The van der Waals surface area contributed by atoms with Crippen LogP contribution in [0.5, 0.6) is 17.2 Å². The first-order chi connectivity index (χ1) is 12.0. The molecule has 0 spiro atoms. The number of carboxylic acid groups (broad SMARTS) is 1. The average molecular weight is 368 g/mol. The van der Waals surface area contributed by atoms with Gasteiger partial charge in [-0.2, -0.15) is 0 Å². The molecule has 0 saturated carbocycles. The van der Waals surface area contributed by atoms with Crippen LogP contribution in [0, 0.1) is 0 Å². The minimum Gasteiger partial charge on any atom is -0.548 e. The summed E-state index contributed by atoms with van der Waals surface area (Å²) in [4.78, 5) is 25.9. The number of rotatable bonds is 7. The summed E-state index contributed by atoms with van der Waals surface area (Å²) < 4.78 is 15.8. The summed E-state index contributed by atoms with van der Waals surface area (Å²) in [7, 11) is 4.39. The van der Waals surface area contributed by atoms with Gasteiger partial charge in [0.2, 0.25) is 5.75 Å². The van der Waals surface area contributed by atoms with E-state index in [9.17, 15) is 14.7 Å². The van der Waals surface area contributed by atoms with Gasteiger partial charge in [0.25, 0.3) is 5.91 Å². The number of thioether (sulfide) groups is 1. The van der Waals surface area contributed by atoms with Crippen molar-refractivity contribution in [1.29, 1.82) is 0 Å². The summed E-state index contributed by atoms with van der Waals surface area (Å²) in [6.07, 6.45) is 1.56. The van der Waals surface area contributed by atoms with Gasteiger partial charge in [-0.1, -0.05) is 13.3 Å². The Bertz CT molecular complexity index is 625. The molecule has 138 valence electrons. The lowest BCUT2D eigenvalue weighted by Crippen LogP contribution is -2.50. The van der Waals surface area contributed by atoms with Gasteiger partial charge in [0, 0.05) is 11.3 Å². The van der Waals surface area contributed by atoms with Crippen molar-refractivity contribution >= 4 is 23.6 Å². The molecule has 8 heteroatoms. The van der Waals surface area contributed by atoms with Gasteiger partial charge in [0.15, 0.2) is 11.5 Å². The average Bonchev–Trinajstić information content (AvgIpc) is 3.03. The smallest absolute Gasteiger partial charge is 0.255 e. The molecule has 2 atom stereocenters. The highest BCUT2D eigenvalue weighted by Crippen LogP contribution is 2.40. The third-order valence-corrected chi connectivity index (χ3v) is 5.40. The van der Waals surface area contributed by atoms with E-state index in [1.165, 1.54) is 50.1 Å². The fraction of sp³-hybridized carbons (Fsp3) is 0.529. The normalized spacial score (nSPS) is 19.6. The van der Waals surface area contributed by atoms with Crippen LogP contribution in [0.1, 0.15) is 30.1 Å². The Labute approximate surface area is 151 Å². The summed E-state index contributed by atoms with van der Waals surface area (Å²) in [5.74, 6) is -0.255. The molecule has 0 aromatic heterocycles. The Morgan fingerprint density at radius 1 is 1.20 bits per heavy atom. The number of carbonyl (C=O) groups is 2. The minimum atomic E-state index is -1.24. The number of methoxy groups -OCH3 is 3. The van der Waals surface area contributed by atoms with E-state index in [1.807, 2.05) is 6.92 Å². The molecule has 1 saturated heterocycles. The lowest BCUT2D eigenvalue weighted by atomic mass is 10.1. The van der Waals surface area contributed by atoms with E-state index in [1.54, 1.807) is 0 Å². The van der Waals surface area contributed by atoms with Crippen LogP contribution in [0.3, 0.4) is 0 Å². The maximum absolute atomic E-state index is 13.1. The van der Waals surface area contributed by atoms with E-state index < -0.39 is 17.9 Å². The molecular formula is C17H22NO6S-. The van der Waals surface area contributed by atoms with Crippen LogP contribution in [-0.4, -0.2) is 55.3 Å². The first kappa shape index (κ1) is 19.2. The zero-order valence-corrected chi connectivity index (χ0v) is 15.6. The molecule has 0 aliphatic carbocycles. The molecule has 1 aliphatic heterocycles. The second kappa shape index (κ2) is 8.33. The van der Waals surface area contributed by atoms with Gasteiger partial charge >= 0.3 is 0 Å². The fourth-order valence-electron chi connectivity index (χ4n) is 2.84. The maximum atomic E-state index is 13.1. The van der Waals surface area contributed by atoms with Crippen molar-refractivity contribution in [3.63, 3.8) is 0 Å². The van der Waals surface area contributed by atoms with Crippen LogP contribution >= 0.6 is 11.8 Å². The maximum Gasteiger partial charge on any atom is 0.255 e. The van der Waals surface area contributed by atoms with E-state index in [0.717, 1.165) is 6.42 Å². The third kappa shape index (κ3) is 3.78. The van der Waals surface area contributed by atoms with Gasteiger partial charge in [0.1, 0.15) is 0 Å². The van der Waals surface area contributed by atoms with Crippen molar-refractivity contribution in [3.8, 4) is 17.2 Å². The molecule has 25 heavy (non-hydrogen) atoms. The molecule has 7 nitrogen and oxygen atoms in total. The van der Waals surface area contributed by atoms with E-state index >= 15 is 0 Å². The van der Waals surface area contributed by atoms with Crippen molar-refractivity contribution < 1.29 is 28.9 Å². The second-order valence-electron chi connectivity index (χ2n) is 5.54. The molecule has 1 aromatic rings. The first-order valence-corrected chi connectivity index (χ1v) is 8.98. The van der Waals surface area contributed by atoms with Crippen LogP contribution in [0.25, 0.3) is 0 Å². The van der Waals surface area contributed by atoms with Crippen molar-refractivity contribution in [1.82, 2.24) is 4.90 Å². The van der Waals surface area contributed by atoms with Crippen LogP contribution in [-0.2, 0) is 4.79 Å². The Morgan fingerprint density at radius 3 is 2.24 bits per heavy atom. The molecule has 0 radical (unpaired) electrons. The topological polar surface area (TPSA) is 88.1 Å². The molecule has 1 aliphatic rings. The quantitative estimate of drug-likeness (QED) is 0.713. The highest BCUT2D eigenvalue weighted by molar-refractivity contribution is 8.00.